The maximum Gasteiger partial charge on any atom is 0.229 e. The topological polar surface area (TPSA) is 121 Å². The molecule has 0 aliphatic carbocycles. The van der Waals surface area contributed by atoms with Gasteiger partial charge in [-0.2, -0.15) is 15.0 Å². The third-order valence-electron chi connectivity index (χ3n) is 4.36. The molecule has 2 N–H and O–H groups in total. The van der Waals surface area contributed by atoms with Crippen molar-refractivity contribution in [1.29, 1.82) is 0 Å². The number of anilines is 2. The van der Waals surface area contributed by atoms with Crippen LogP contribution in [0.4, 0.5) is 11.9 Å². The molecule has 0 aliphatic heterocycles. The summed E-state index contributed by atoms with van der Waals surface area (Å²) >= 11 is 1.47. The number of furan rings is 1. The van der Waals surface area contributed by atoms with E-state index in [1.54, 1.807) is 18.3 Å². The first-order valence-electron chi connectivity index (χ1n) is 9.44. The highest BCUT2D eigenvalue weighted by molar-refractivity contribution is 7.98. The number of nitrogens with two attached hydrogens (primary N) is 1. The molecule has 0 atom stereocenters. The van der Waals surface area contributed by atoms with E-state index in [1.165, 1.54) is 11.8 Å². The summed E-state index contributed by atoms with van der Waals surface area (Å²) in [6, 6.07) is 11.5. The predicted molar refractivity (Wildman–Crippen MR) is 118 cm³/mol. The van der Waals surface area contributed by atoms with Crippen molar-refractivity contribution in [3.63, 3.8) is 0 Å². The molecule has 10 nitrogen and oxygen atoms in total. The highest BCUT2D eigenvalue weighted by atomic mass is 32.2. The largest absolute Gasteiger partial charge is 0.497 e. The first-order chi connectivity index (χ1) is 15.0. The van der Waals surface area contributed by atoms with Crippen LogP contribution in [0, 0.1) is 0 Å². The number of benzene rings is 1. The average molecular weight is 439 g/mol. The molecular formula is C20H22N8O2S. The fraction of sp³-hybridized carbons (Fsp3) is 0.250. The molecule has 11 heteroatoms. The van der Waals surface area contributed by atoms with E-state index in [4.69, 9.17) is 14.9 Å². The SMILES string of the molecule is COc1cccc(-c2nnc(SCc3nc(N)nc(N(C)C)n3)n2Cc2ccco2)c1. The van der Waals surface area contributed by atoms with Crippen molar-refractivity contribution in [2.45, 2.75) is 17.5 Å². The van der Waals surface area contributed by atoms with Gasteiger partial charge in [-0.15, -0.1) is 10.2 Å². The normalized spacial score (nSPS) is 10.9. The molecule has 0 unspecified atom stereocenters. The van der Waals surface area contributed by atoms with E-state index in [2.05, 4.69) is 25.1 Å². The van der Waals surface area contributed by atoms with E-state index < -0.39 is 0 Å². The smallest absolute Gasteiger partial charge is 0.229 e. The molecule has 3 heterocycles. The Morgan fingerprint density at radius 2 is 2.00 bits per heavy atom. The van der Waals surface area contributed by atoms with Crippen LogP contribution in [0.3, 0.4) is 0 Å². The number of rotatable bonds is 8. The highest BCUT2D eigenvalue weighted by Gasteiger charge is 2.17. The Morgan fingerprint density at radius 3 is 2.74 bits per heavy atom. The lowest BCUT2D eigenvalue weighted by Gasteiger charge is -2.12. The van der Waals surface area contributed by atoms with Crippen LogP contribution >= 0.6 is 11.8 Å². The maximum atomic E-state index is 5.84. The van der Waals surface area contributed by atoms with E-state index in [9.17, 15) is 0 Å². The summed E-state index contributed by atoms with van der Waals surface area (Å²) in [6.07, 6.45) is 1.65. The van der Waals surface area contributed by atoms with Gasteiger partial charge in [-0.05, 0) is 24.3 Å². The maximum absolute atomic E-state index is 5.84. The van der Waals surface area contributed by atoms with Gasteiger partial charge < -0.3 is 19.8 Å². The molecule has 0 aliphatic rings. The second kappa shape index (κ2) is 9.04. The van der Waals surface area contributed by atoms with Crippen LogP contribution in [0.5, 0.6) is 5.75 Å². The first-order valence-corrected chi connectivity index (χ1v) is 10.4. The molecule has 0 saturated carbocycles. The van der Waals surface area contributed by atoms with Gasteiger partial charge in [0, 0.05) is 19.7 Å². The molecule has 160 valence electrons. The van der Waals surface area contributed by atoms with Gasteiger partial charge >= 0.3 is 0 Å². The van der Waals surface area contributed by atoms with E-state index in [1.807, 2.05) is 55.1 Å². The number of nitrogen functional groups attached to an aromatic ring is 1. The molecule has 0 fully saturated rings. The molecule has 0 bridgehead atoms. The number of methoxy groups -OCH3 is 1. The van der Waals surface area contributed by atoms with E-state index in [0.29, 0.717) is 35.1 Å². The number of aromatic nitrogens is 6. The Morgan fingerprint density at radius 1 is 1.13 bits per heavy atom. The van der Waals surface area contributed by atoms with Crippen molar-refractivity contribution in [3.05, 3.63) is 54.2 Å². The van der Waals surface area contributed by atoms with Crippen molar-refractivity contribution in [2.75, 3.05) is 31.8 Å². The number of thioether (sulfide) groups is 1. The third kappa shape index (κ3) is 4.77. The Bertz CT molecular complexity index is 1160. The van der Waals surface area contributed by atoms with Gasteiger partial charge in [-0.3, -0.25) is 4.57 Å². The van der Waals surface area contributed by atoms with Crippen LogP contribution in [-0.4, -0.2) is 50.9 Å². The quantitative estimate of drug-likeness (QED) is 0.411. The molecule has 0 amide bonds. The van der Waals surface area contributed by atoms with Gasteiger partial charge in [0.25, 0.3) is 0 Å². The van der Waals surface area contributed by atoms with Gasteiger partial charge in [0.15, 0.2) is 11.0 Å². The zero-order valence-corrected chi connectivity index (χ0v) is 18.2. The molecule has 0 radical (unpaired) electrons. The van der Waals surface area contributed by atoms with E-state index in [0.717, 1.165) is 17.1 Å². The van der Waals surface area contributed by atoms with Gasteiger partial charge in [-0.25, -0.2) is 0 Å². The van der Waals surface area contributed by atoms with E-state index in [-0.39, 0.29) is 5.95 Å². The van der Waals surface area contributed by atoms with Gasteiger partial charge in [0.2, 0.25) is 11.9 Å². The second-order valence-electron chi connectivity index (χ2n) is 6.80. The van der Waals surface area contributed by atoms with Crippen molar-refractivity contribution in [1.82, 2.24) is 29.7 Å². The minimum atomic E-state index is 0.184. The number of ether oxygens (including phenoxy) is 1. The monoisotopic (exact) mass is 438 g/mol. The molecule has 1 aromatic carbocycles. The summed E-state index contributed by atoms with van der Waals surface area (Å²) in [7, 11) is 5.34. The Labute approximate surface area is 183 Å². The summed E-state index contributed by atoms with van der Waals surface area (Å²) in [4.78, 5) is 14.6. The molecule has 3 aromatic heterocycles. The van der Waals surface area contributed by atoms with Crippen LogP contribution in [0.1, 0.15) is 11.6 Å². The summed E-state index contributed by atoms with van der Waals surface area (Å²) in [6.45, 7) is 0.483. The van der Waals surface area contributed by atoms with Crippen LogP contribution < -0.4 is 15.4 Å². The van der Waals surface area contributed by atoms with Gasteiger partial charge in [-0.1, -0.05) is 23.9 Å². The highest BCUT2D eigenvalue weighted by Crippen LogP contribution is 2.29. The second-order valence-corrected chi connectivity index (χ2v) is 7.74. The lowest BCUT2D eigenvalue weighted by atomic mass is 10.2. The molecule has 31 heavy (non-hydrogen) atoms. The Balaban J connectivity index is 1.65. The fourth-order valence-corrected chi connectivity index (χ4v) is 3.68. The average Bonchev–Trinajstić information content (AvgIpc) is 3.42. The van der Waals surface area contributed by atoms with Gasteiger partial charge in [0.1, 0.15) is 17.3 Å². The third-order valence-corrected chi connectivity index (χ3v) is 5.32. The van der Waals surface area contributed by atoms with Gasteiger partial charge in [0.05, 0.1) is 25.7 Å². The number of hydrogen-bond acceptors (Lipinski definition) is 10. The van der Waals surface area contributed by atoms with Crippen molar-refractivity contribution in [3.8, 4) is 17.1 Å². The minimum absolute atomic E-state index is 0.184. The summed E-state index contributed by atoms with van der Waals surface area (Å²) in [5.74, 6) is 3.97. The Hall–Kier alpha value is -3.60. The van der Waals surface area contributed by atoms with Crippen LogP contribution in [0.2, 0.25) is 0 Å². The summed E-state index contributed by atoms with van der Waals surface area (Å²) < 4.78 is 12.9. The number of nitrogens with zero attached hydrogens (tertiary/aromatic N) is 7. The Kier molecular flexibility index (Phi) is 6.03. The molecule has 0 spiro atoms. The summed E-state index contributed by atoms with van der Waals surface area (Å²) in [5, 5.41) is 9.54. The predicted octanol–water partition coefficient (Wildman–Crippen LogP) is 2.72. The lowest BCUT2D eigenvalue weighted by Crippen LogP contribution is -2.16. The molecule has 4 aromatic rings. The lowest BCUT2D eigenvalue weighted by molar-refractivity contribution is 0.415. The van der Waals surface area contributed by atoms with Crippen molar-refractivity contribution in [2.24, 2.45) is 0 Å². The first kappa shape index (κ1) is 20.7. The fourth-order valence-electron chi connectivity index (χ4n) is 2.89. The van der Waals surface area contributed by atoms with E-state index >= 15 is 0 Å². The zero-order chi connectivity index (χ0) is 21.8. The molecule has 0 saturated heterocycles. The van der Waals surface area contributed by atoms with Crippen LogP contribution in [0.25, 0.3) is 11.4 Å². The standard InChI is InChI=1S/C20H22N8O2S/c1-27(2)19-23-16(22-18(21)24-19)12-31-20-26-25-17(13-6-4-7-14(10-13)29-3)28(20)11-15-8-5-9-30-15/h4-10H,11-12H2,1-3H3,(H2,21,22,23,24). The number of hydrogen-bond donors (Lipinski definition) is 1. The molecular weight excluding hydrogens is 416 g/mol. The zero-order valence-electron chi connectivity index (χ0n) is 17.4. The van der Waals surface area contributed by atoms with Crippen LogP contribution in [0.15, 0.2) is 52.2 Å². The minimum Gasteiger partial charge on any atom is -0.497 e. The van der Waals surface area contributed by atoms with Crippen molar-refractivity contribution < 1.29 is 9.15 Å². The van der Waals surface area contributed by atoms with Crippen molar-refractivity contribution >= 4 is 23.7 Å². The summed E-state index contributed by atoms with van der Waals surface area (Å²) in [5.41, 5.74) is 6.73. The molecule has 4 rings (SSSR count). The van der Waals surface area contributed by atoms with Crippen LogP contribution in [-0.2, 0) is 12.3 Å².